The topological polar surface area (TPSA) is 51.1 Å². The van der Waals surface area contributed by atoms with Gasteiger partial charge in [0, 0.05) is 49.6 Å². The van der Waals surface area contributed by atoms with Crippen molar-refractivity contribution >= 4 is 5.82 Å². The molecular weight excluding hydrogens is 276 g/mol. The molecule has 0 fully saturated rings. The number of benzene rings is 1. The van der Waals surface area contributed by atoms with Crippen LogP contribution in [0.5, 0.6) is 5.75 Å². The van der Waals surface area contributed by atoms with Gasteiger partial charge in [-0.2, -0.15) is 5.10 Å². The predicted molar refractivity (Wildman–Crippen MR) is 86.2 cm³/mol. The first-order valence-electron chi connectivity index (χ1n) is 8.02. The van der Waals surface area contributed by atoms with Gasteiger partial charge >= 0.3 is 0 Å². The molecule has 4 rings (SSSR count). The summed E-state index contributed by atoms with van der Waals surface area (Å²) in [7, 11) is 0. The Morgan fingerprint density at radius 3 is 3.32 bits per heavy atom. The molecule has 3 heterocycles. The highest BCUT2D eigenvalue weighted by Crippen LogP contribution is 2.34. The number of anilines is 1. The molecule has 2 unspecified atom stereocenters. The quantitative estimate of drug-likeness (QED) is 0.913. The van der Waals surface area contributed by atoms with Crippen LogP contribution in [0.3, 0.4) is 0 Å². The van der Waals surface area contributed by atoms with Crippen LogP contribution < -0.4 is 15.4 Å². The standard InChI is InChI=1S/C17H22N4O/c1-12-3-2-4-14-15(6-8-22-17(12)14)18-9-13-10-19-16-5-7-20-21(16)11-13/h2-5,7,13,15,18-19H,6,8-11H2,1H3. The molecule has 0 amide bonds. The molecule has 2 aliphatic rings. The van der Waals surface area contributed by atoms with Crippen molar-refractivity contribution in [2.75, 3.05) is 25.0 Å². The van der Waals surface area contributed by atoms with E-state index in [1.807, 2.05) is 12.3 Å². The maximum atomic E-state index is 5.85. The van der Waals surface area contributed by atoms with Gasteiger partial charge in [-0.15, -0.1) is 0 Å². The van der Waals surface area contributed by atoms with Crippen LogP contribution >= 0.6 is 0 Å². The monoisotopic (exact) mass is 298 g/mol. The fraction of sp³-hybridized carbons (Fsp3) is 0.471. The molecule has 2 N–H and O–H groups in total. The molecule has 1 aromatic heterocycles. The fourth-order valence-corrected chi connectivity index (χ4v) is 3.43. The largest absolute Gasteiger partial charge is 0.493 e. The van der Waals surface area contributed by atoms with Gasteiger partial charge in [-0.05, 0) is 12.5 Å². The number of hydrogen-bond donors (Lipinski definition) is 2. The van der Waals surface area contributed by atoms with Gasteiger partial charge in [0.05, 0.1) is 12.8 Å². The first-order chi connectivity index (χ1) is 10.8. The highest BCUT2D eigenvalue weighted by atomic mass is 16.5. The van der Waals surface area contributed by atoms with E-state index in [4.69, 9.17) is 4.74 Å². The third-order valence-corrected chi connectivity index (χ3v) is 4.64. The third-order valence-electron chi connectivity index (χ3n) is 4.64. The Kier molecular flexibility index (Phi) is 3.50. The van der Waals surface area contributed by atoms with E-state index >= 15 is 0 Å². The van der Waals surface area contributed by atoms with Gasteiger partial charge in [0.2, 0.25) is 0 Å². The molecule has 1 aromatic carbocycles. The molecule has 5 heteroatoms. The van der Waals surface area contributed by atoms with Gasteiger partial charge in [-0.3, -0.25) is 0 Å². The normalized spacial score (nSPS) is 23.1. The Hall–Kier alpha value is -2.01. The molecular formula is C17H22N4O. The Labute approximate surface area is 130 Å². The van der Waals surface area contributed by atoms with E-state index in [1.165, 1.54) is 11.1 Å². The Balaban J connectivity index is 1.42. The smallest absolute Gasteiger partial charge is 0.126 e. The summed E-state index contributed by atoms with van der Waals surface area (Å²) >= 11 is 0. The molecule has 116 valence electrons. The van der Waals surface area contributed by atoms with Crippen LogP contribution in [0.15, 0.2) is 30.5 Å². The molecule has 0 radical (unpaired) electrons. The fourth-order valence-electron chi connectivity index (χ4n) is 3.43. The lowest BCUT2D eigenvalue weighted by Gasteiger charge is -2.31. The lowest BCUT2D eigenvalue weighted by Crippen LogP contribution is -2.38. The summed E-state index contributed by atoms with van der Waals surface area (Å²) in [5.41, 5.74) is 2.53. The summed E-state index contributed by atoms with van der Waals surface area (Å²) in [6, 6.07) is 8.84. The summed E-state index contributed by atoms with van der Waals surface area (Å²) in [5, 5.41) is 11.5. The zero-order valence-electron chi connectivity index (χ0n) is 12.9. The van der Waals surface area contributed by atoms with E-state index < -0.39 is 0 Å². The number of rotatable bonds is 3. The van der Waals surface area contributed by atoms with E-state index in [2.05, 4.69) is 45.5 Å². The Morgan fingerprint density at radius 1 is 1.41 bits per heavy atom. The maximum Gasteiger partial charge on any atom is 0.126 e. The Morgan fingerprint density at radius 2 is 2.36 bits per heavy atom. The molecule has 0 spiro atoms. The lowest BCUT2D eigenvalue weighted by molar-refractivity contribution is 0.244. The summed E-state index contributed by atoms with van der Waals surface area (Å²) in [5.74, 6) is 2.76. The first-order valence-corrected chi connectivity index (χ1v) is 8.02. The number of fused-ring (bicyclic) bond motifs is 2. The van der Waals surface area contributed by atoms with Crippen molar-refractivity contribution in [3.8, 4) is 5.75 Å². The number of nitrogens with zero attached hydrogens (tertiary/aromatic N) is 2. The van der Waals surface area contributed by atoms with Crippen molar-refractivity contribution < 1.29 is 4.74 Å². The van der Waals surface area contributed by atoms with Crippen molar-refractivity contribution in [1.29, 1.82) is 0 Å². The minimum absolute atomic E-state index is 0.391. The van der Waals surface area contributed by atoms with Gasteiger partial charge < -0.3 is 15.4 Å². The Bertz CT molecular complexity index is 666. The number of aryl methyl sites for hydroxylation is 1. The van der Waals surface area contributed by atoms with E-state index in [9.17, 15) is 0 Å². The number of aromatic nitrogens is 2. The molecule has 0 bridgehead atoms. The van der Waals surface area contributed by atoms with E-state index in [-0.39, 0.29) is 0 Å². The van der Waals surface area contributed by atoms with Crippen molar-refractivity contribution in [2.45, 2.75) is 25.9 Å². The zero-order valence-corrected chi connectivity index (χ0v) is 12.9. The third kappa shape index (κ3) is 2.46. The molecule has 0 aliphatic carbocycles. The van der Waals surface area contributed by atoms with Gasteiger partial charge in [0.25, 0.3) is 0 Å². The molecule has 0 saturated carbocycles. The summed E-state index contributed by atoms with van der Waals surface area (Å²) in [4.78, 5) is 0. The average molecular weight is 298 g/mol. The molecule has 2 aromatic rings. The van der Waals surface area contributed by atoms with Gasteiger partial charge in [-0.1, -0.05) is 18.2 Å². The summed E-state index contributed by atoms with van der Waals surface area (Å²) in [6.07, 6.45) is 2.89. The van der Waals surface area contributed by atoms with Crippen LogP contribution in [0.1, 0.15) is 23.6 Å². The van der Waals surface area contributed by atoms with E-state index in [0.717, 1.165) is 44.2 Å². The first kappa shape index (κ1) is 13.6. The van der Waals surface area contributed by atoms with Gasteiger partial charge in [0.1, 0.15) is 11.6 Å². The number of para-hydroxylation sites is 1. The molecule has 5 nitrogen and oxygen atoms in total. The predicted octanol–water partition coefficient (Wildman–Crippen LogP) is 2.35. The van der Waals surface area contributed by atoms with Gasteiger partial charge in [0.15, 0.2) is 0 Å². The van der Waals surface area contributed by atoms with Crippen LogP contribution in [0, 0.1) is 12.8 Å². The van der Waals surface area contributed by atoms with Crippen LogP contribution in [0.2, 0.25) is 0 Å². The van der Waals surface area contributed by atoms with Gasteiger partial charge in [-0.25, -0.2) is 4.68 Å². The average Bonchev–Trinajstić information content (AvgIpc) is 3.01. The van der Waals surface area contributed by atoms with Crippen LogP contribution in [-0.2, 0) is 6.54 Å². The molecule has 22 heavy (non-hydrogen) atoms. The second-order valence-corrected chi connectivity index (χ2v) is 6.24. The number of nitrogens with one attached hydrogen (secondary N) is 2. The van der Waals surface area contributed by atoms with Crippen molar-refractivity contribution in [3.05, 3.63) is 41.6 Å². The summed E-state index contributed by atoms with van der Waals surface area (Å²) in [6.45, 7) is 5.88. The van der Waals surface area contributed by atoms with Crippen molar-refractivity contribution in [1.82, 2.24) is 15.1 Å². The van der Waals surface area contributed by atoms with E-state index in [0.29, 0.717) is 12.0 Å². The second-order valence-electron chi connectivity index (χ2n) is 6.24. The van der Waals surface area contributed by atoms with Crippen LogP contribution in [-0.4, -0.2) is 29.5 Å². The van der Waals surface area contributed by atoms with Crippen LogP contribution in [0.25, 0.3) is 0 Å². The minimum atomic E-state index is 0.391. The van der Waals surface area contributed by atoms with Crippen molar-refractivity contribution in [3.63, 3.8) is 0 Å². The highest BCUT2D eigenvalue weighted by Gasteiger charge is 2.24. The lowest BCUT2D eigenvalue weighted by atomic mass is 9.97. The molecule has 2 aliphatic heterocycles. The maximum absolute atomic E-state index is 5.85. The van der Waals surface area contributed by atoms with Crippen LogP contribution in [0.4, 0.5) is 5.82 Å². The number of ether oxygens (including phenoxy) is 1. The molecule has 2 atom stereocenters. The second kappa shape index (κ2) is 5.65. The highest BCUT2D eigenvalue weighted by molar-refractivity contribution is 5.43. The summed E-state index contributed by atoms with van der Waals surface area (Å²) < 4.78 is 7.90. The van der Waals surface area contributed by atoms with E-state index in [1.54, 1.807) is 0 Å². The number of hydrogen-bond acceptors (Lipinski definition) is 4. The minimum Gasteiger partial charge on any atom is -0.493 e. The zero-order chi connectivity index (χ0) is 14.9. The molecule has 0 saturated heterocycles. The SMILES string of the molecule is Cc1cccc2c1OCCC2NCC1CNc2ccnn2C1. The van der Waals surface area contributed by atoms with Crippen molar-refractivity contribution in [2.24, 2.45) is 5.92 Å².